The van der Waals surface area contributed by atoms with Crippen LogP contribution >= 0.6 is 12.4 Å². The van der Waals surface area contributed by atoms with Gasteiger partial charge in [-0.05, 0) is 19.3 Å². The summed E-state index contributed by atoms with van der Waals surface area (Å²) in [6.07, 6.45) is 2.61. The molecule has 0 radical (unpaired) electrons. The summed E-state index contributed by atoms with van der Waals surface area (Å²) in [6.45, 7) is 0. The van der Waals surface area contributed by atoms with E-state index in [0.29, 0.717) is 0 Å². The lowest BCUT2D eigenvalue weighted by Gasteiger charge is -1.96. The molecule has 0 unspecified atom stereocenters. The topological polar surface area (TPSA) is 46.2 Å². The third-order valence-corrected chi connectivity index (χ3v) is 1.45. The van der Waals surface area contributed by atoms with Crippen LogP contribution in [-0.2, 0) is 0 Å². The van der Waals surface area contributed by atoms with Crippen LogP contribution in [0.1, 0.15) is 19.3 Å². The van der Waals surface area contributed by atoms with Gasteiger partial charge in [0, 0.05) is 6.04 Å². The molecule has 2 atom stereocenters. The van der Waals surface area contributed by atoms with E-state index in [1.807, 2.05) is 0 Å². The van der Waals surface area contributed by atoms with Gasteiger partial charge in [0.15, 0.2) is 0 Å². The van der Waals surface area contributed by atoms with Crippen molar-refractivity contribution in [3.8, 4) is 0 Å². The number of rotatable bonds is 0. The third kappa shape index (κ3) is 1.99. The van der Waals surface area contributed by atoms with Gasteiger partial charge in [-0.2, -0.15) is 0 Å². The molecule has 0 amide bonds. The van der Waals surface area contributed by atoms with E-state index in [1.54, 1.807) is 0 Å². The van der Waals surface area contributed by atoms with Crippen LogP contribution in [0.5, 0.6) is 0 Å². The number of halogens is 1. The largest absolute Gasteiger partial charge is 0.393 e. The zero-order chi connectivity index (χ0) is 5.28. The number of aliphatic hydroxyl groups is 1. The smallest absolute Gasteiger partial charge is 0.0555 e. The van der Waals surface area contributed by atoms with Crippen molar-refractivity contribution < 1.29 is 5.11 Å². The molecule has 0 saturated heterocycles. The Morgan fingerprint density at radius 3 is 2.12 bits per heavy atom. The summed E-state index contributed by atoms with van der Waals surface area (Å²) in [7, 11) is 0. The molecule has 3 N–H and O–H groups in total. The molecule has 1 fully saturated rings. The normalized spacial score (nSPS) is 36.8. The molecule has 0 bridgehead atoms. The number of nitrogens with two attached hydrogens (primary N) is 1. The Bertz CT molecular complexity index is 61.4. The summed E-state index contributed by atoms with van der Waals surface area (Å²) in [4.78, 5) is 0. The van der Waals surface area contributed by atoms with Gasteiger partial charge in [-0.1, -0.05) is 0 Å². The van der Waals surface area contributed by atoms with Gasteiger partial charge in [0.1, 0.15) is 0 Å². The van der Waals surface area contributed by atoms with Crippen LogP contribution in [0, 0.1) is 0 Å². The van der Waals surface area contributed by atoms with Crippen LogP contribution in [0.15, 0.2) is 0 Å². The predicted octanol–water partition coefficient (Wildman–Crippen LogP) is 0.280. The molecule has 50 valence electrons. The monoisotopic (exact) mass is 137 g/mol. The first kappa shape index (κ1) is 8.21. The molecular formula is C5H12ClNO. The highest BCUT2D eigenvalue weighted by Gasteiger charge is 2.18. The first-order valence-electron chi connectivity index (χ1n) is 2.72. The third-order valence-electron chi connectivity index (χ3n) is 1.45. The summed E-state index contributed by atoms with van der Waals surface area (Å²) in [6, 6.07) is 0.273. The number of hydrogen-bond donors (Lipinski definition) is 2. The van der Waals surface area contributed by atoms with Crippen molar-refractivity contribution >= 4 is 12.4 Å². The van der Waals surface area contributed by atoms with Crippen molar-refractivity contribution in [1.29, 1.82) is 0 Å². The fraction of sp³-hybridized carbons (Fsp3) is 1.00. The Balaban J connectivity index is 0.000000490. The van der Waals surface area contributed by atoms with Crippen molar-refractivity contribution in [2.45, 2.75) is 31.4 Å². The Morgan fingerprint density at radius 1 is 1.38 bits per heavy atom. The van der Waals surface area contributed by atoms with Crippen molar-refractivity contribution in [3.05, 3.63) is 0 Å². The summed E-state index contributed by atoms with van der Waals surface area (Å²) in [5.41, 5.74) is 5.47. The van der Waals surface area contributed by atoms with Gasteiger partial charge >= 0.3 is 0 Å². The Morgan fingerprint density at radius 2 is 2.00 bits per heavy atom. The van der Waals surface area contributed by atoms with Gasteiger partial charge in [0.05, 0.1) is 6.10 Å². The van der Waals surface area contributed by atoms with Gasteiger partial charge < -0.3 is 10.8 Å². The lowest BCUT2D eigenvalue weighted by molar-refractivity contribution is 0.181. The van der Waals surface area contributed by atoms with E-state index >= 15 is 0 Å². The second kappa shape index (κ2) is 3.28. The summed E-state index contributed by atoms with van der Waals surface area (Å²) < 4.78 is 0. The minimum Gasteiger partial charge on any atom is -0.393 e. The fourth-order valence-electron chi connectivity index (χ4n) is 0.992. The standard InChI is InChI=1S/C5H11NO.ClH/c6-4-1-2-5(7)3-4;/h4-5,7H,1-3,6H2;1H/t4-,5+;/m0./s1. The highest BCUT2D eigenvalue weighted by molar-refractivity contribution is 5.85. The van der Waals surface area contributed by atoms with E-state index in [9.17, 15) is 0 Å². The van der Waals surface area contributed by atoms with Gasteiger partial charge in [-0.3, -0.25) is 0 Å². The minimum absolute atomic E-state index is 0. The maximum atomic E-state index is 8.82. The molecule has 3 heteroatoms. The van der Waals surface area contributed by atoms with Crippen molar-refractivity contribution in [1.82, 2.24) is 0 Å². The van der Waals surface area contributed by atoms with Crippen LogP contribution in [0.3, 0.4) is 0 Å². The average Bonchev–Trinajstić information content (AvgIpc) is 1.87. The molecule has 0 aromatic heterocycles. The molecule has 1 aliphatic rings. The van der Waals surface area contributed by atoms with Crippen LogP contribution in [0.2, 0.25) is 0 Å². The zero-order valence-corrected chi connectivity index (χ0v) is 5.53. The highest BCUT2D eigenvalue weighted by Crippen LogP contribution is 2.15. The van der Waals surface area contributed by atoms with Gasteiger partial charge in [-0.15, -0.1) is 12.4 Å². The van der Waals surface area contributed by atoms with E-state index in [2.05, 4.69) is 0 Å². The summed E-state index contributed by atoms with van der Waals surface area (Å²) in [5.74, 6) is 0. The van der Waals surface area contributed by atoms with E-state index in [0.717, 1.165) is 19.3 Å². The lowest BCUT2D eigenvalue weighted by Crippen LogP contribution is -2.15. The number of hydrogen-bond acceptors (Lipinski definition) is 2. The molecule has 2 nitrogen and oxygen atoms in total. The highest BCUT2D eigenvalue weighted by atomic mass is 35.5. The lowest BCUT2D eigenvalue weighted by atomic mass is 10.3. The minimum atomic E-state index is -0.102. The van der Waals surface area contributed by atoms with Gasteiger partial charge in [-0.25, -0.2) is 0 Å². The molecule has 1 aliphatic carbocycles. The Labute approximate surface area is 55.5 Å². The van der Waals surface area contributed by atoms with Crippen LogP contribution in [0.25, 0.3) is 0 Å². The molecule has 8 heavy (non-hydrogen) atoms. The Kier molecular flexibility index (Phi) is 3.36. The summed E-state index contributed by atoms with van der Waals surface area (Å²) in [5, 5.41) is 8.82. The van der Waals surface area contributed by atoms with Crippen LogP contribution < -0.4 is 5.73 Å². The molecule has 1 rings (SSSR count). The molecule has 1 saturated carbocycles. The van der Waals surface area contributed by atoms with Crippen LogP contribution in [-0.4, -0.2) is 17.3 Å². The molecular weight excluding hydrogens is 126 g/mol. The second-order valence-corrected chi connectivity index (χ2v) is 2.23. The average molecular weight is 138 g/mol. The van der Waals surface area contributed by atoms with Crippen molar-refractivity contribution in [3.63, 3.8) is 0 Å². The first-order valence-corrected chi connectivity index (χ1v) is 2.72. The van der Waals surface area contributed by atoms with E-state index in [1.165, 1.54) is 0 Å². The van der Waals surface area contributed by atoms with Crippen molar-refractivity contribution in [2.75, 3.05) is 0 Å². The van der Waals surface area contributed by atoms with E-state index in [4.69, 9.17) is 10.8 Å². The second-order valence-electron chi connectivity index (χ2n) is 2.23. The van der Waals surface area contributed by atoms with Gasteiger partial charge in [0.2, 0.25) is 0 Å². The fourth-order valence-corrected chi connectivity index (χ4v) is 0.992. The van der Waals surface area contributed by atoms with E-state index in [-0.39, 0.29) is 24.6 Å². The molecule has 0 spiro atoms. The SMILES string of the molecule is Cl.N[C@H]1CC[C@@H](O)C1. The predicted molar refractivity (Wildman–Crippen MR) is 35.1 cm³/mol. The Hall–Kier alpha value is 0.210. The van der Waals surface area contributed by atoms with Gasteiger partial charge in [0.25, 0.3) is 0 Å². The molecule has 0 aromatic rings. The summed E-state index contributed by atoms with van der Waals surface area (Å²) >= 11 is 0. The van der Waals surface area contributed by atoms with E-state index < -0.39 is 0 Å². The maximum absolute atomic E-state index is 8.82. The van der Waals surface area contributed by atoms with Crippen molar-refractivity contribution in [2.24, 2.45) is 5.73 Å². The first-order chi connectivity index (χ1) is 3.29. The number of aliphatic hydroxyl groups excluding tert-OH is 1. The molecule has 0 heterocycles. The molecule has 0 aliphatic heterocycles. The van der Waals surface area contributed by atoms with Crippen LogP contribution in [0.4, 0.5) is 0 Å². The maximum Gasteiger partial charge on any atom is 0.0555 e. The quantitative estimate of drug-likeness (QED) is 0.504. The zero-order valence-electron chi connectivity index (χ0n) is 4.71. The molecule has 0 aromatic carbocycles.